The van der Waals surface area contributed by atoms with E-state index in [1.165, 1.54) is 11.5 Å². The molecule has 272 valence electrons. The first-order chi connectivity index (χ1) is 23.5. The number of fused-ring (bicyclic) bond motifs is 6. The number of phosphoric acid groups is 2. The maximum atomic E-state index is 13.4. The molecule has 4 aromatic heterocycles. The Kier molecular flexibility index (Phi) is 8.85. The van der Waals surface area contributed by atoms with E-state index in [9.17, 15) is 42.0 Å². The predicted octanol–water partition coefficient (Wildman–Crippen LogP) is -0.0287. The van der Waals surface area contributed by atoms with E-state index in [0.717, 1.165) is 23.5 Å². The summed E-state index contributed by atoms with van der Waals surface area (Å²) < 4.78 is 107. The molecule has 3 fully saturated rings. The number of aromatic amines is 1. The molecule has 3 aliphatic heterocycles. The van der Waals surface area contributed by atoms with Crippen molar-refractivity contribution < 1.29 is 69.5 Å². The zero-order valence-electron chi connectivity index (χ0n) is 25.1. The van der Waals surface area contributed by atoms with Crippen molar-refractivity contribution in [2.45, 2.75) is 62.2 Å². The molecule has 0 aliphatic carbocycles. The molecule has 4 unspecified atom stereocenters. The fourth-order valence-corrected chi connectivity index (χ4v) is 7.61. The third-order valence-electron chi connectivity index (χ3n) is 7.84. The van der Waals surface area contributed by atoms with Crippen LogP contribution < -0.4 is 11.3 Å². The van der Waals surface area contributed by atoms with Gasteiger partial charge in [-0.05, 0) is 6.92 Å². The van der Waals surface area contributed by atoms with Gasteiger partial charge < -0.3 is 39.8 Å². The number of alkyl halides is 3. The standard InChI is InChI=1S/C23H26F3N9O13P2/c1-8-32-19-12(20(37)33-8)31-7-35(19)22-16-14(42-4-23(24,25)26)10(46-22)3-44-49(38,39)47-15-13(36)9(2-43-50(40,41)48-16)45-21(15)34-6-30-11-17(27)28-5-29-18(11)34/h5-7,9-10,13-16,21-22,36H,2-4H2,1H3,(H,38,39)(H,40,41)(H2,27,28,29)(H,32,33,37)/t9-,10-,13+,14+,15?,16?,21-,22-/m1/s1. The smallest absolute Gasteiger partial charge is 0.387 e. The van der Waals surface area contributed by atoms with Gasteiger partial charge in [0.05, 0.1) is 25.9 Å². The Hall–Kier alpha value is -3.45. The lowest BCUT2D eigenvalue weighted by atomic mass is 10.1. The maximum absolute atomic E-state index is 13.4. The van der Waals surface area contributed by atoms with Gasteiger partial charge in [-0.1, -0.05) is 0 Å². The molecule has 0 aromatic carbocycles. The van der Waals surface area contributed by atoms with Crippen molar-refractivity contribution in [3.63, 3.8) is 0 Å². The number of ether oxygens (including phenoxy) is 3. The number of aliphatic hydroxyl groups is 1. The SMILES string of the molecule is Cc1nc2c(ncn2[C@@H]2O[C@@H]3COP(=O)(O)OC4[C@@H](O)[C@@H](COP(=O)(O)OC2[C@H]3OCC(F)(F)F)O[C@H]4n2cnc3c(N)ncnc32)c(=O)[nH]1. The molecule has 10 atom stereocenters. The molecule has 4 aromatic rings. The fraction of sp³-hybridized carbons (Fsp3) is 0.565. The van der Waals surface area contributed by atoms with Crippen molar-refractivity contribution in [1.29, 1.82) is 0 Å². The van der Waals surface area contributed by atoms with Crippen LogP contribution in [0.5, 0.6) is 0 Å². The number of H-pyrrole nitrogens is 1. The minimum absolute atomic E-state index is 0.0327. The van der Waals surface area contributed by atoms with E-state index in [1.54, 1.807) is 0 Å². The van der Waals surface area contributed by atoms with Gasteiger partial charge in [0.1, 0.15) is 60.9 Å². The Morgan fingerprint density at radius 3 is 2.26 bits per heavy atom. The highest BCUT2D eigenvalue weighted by atomic mass is 31.2. The number of aromatic nitrogens is 8. The molecule has 3 aliphatic rings. The summed E-state index contributed by atoms with van der Waals surface area (Å²) in [7, 11) is -10.6. The van der Waals surface area contributed by atoms with E-state index in [2.05, 4.69) is 29.9 Å². The van der Waals surface area contributed by atoms with Gasteiger partial charge in [0, 0.05) is 0 Å². The Labute approximate surface area is 275 Å². The first kappa shape index (κ1) is 35.0. The molecule has 3 saturated heterocycles. The number of aryl methyl sites for hydroxylation is 1. The number of nitrogens with zero attached hydrogens (tertiary/aromatic N) is 7. The van der Waals surface area contributed by atoms with E-state index < -0.39 is 96.3 Å². The number of hydrogen-bond acceptors (Lipinski definition) is 17. The second-order valence-corrected chi connectivity index (χ2v) is 14.1. The number of phosphoric ester groups is 2. The number of hydrogen-bond donors (Lipinski definition) is 5. The minimum atomic E-state index is -5.34. The molecule has 7 rings (SSSR count). The molecule has 0 spiro atoms. The fourth-order valence-electron chi connectivity index (χ4n) is 5.75. The quantitative estimate of drug-likeness (QED) is 0.171. The van der Waals surface area contributed by atoms with Crippen LogP contribution in [0, 0.1) is 6.92 Å². The summed E-state index contributed by atoms with van der Waals surface area (Å²) in [5, 5.41) is 11.1. The van der Waals surface area contributed by atoms with E-state index in [1.807, 2.05) is 0 Å². The molecule has 7 heterocycles. The van der Waals surface area contributed by atoms with Crippen LogP contribution >= 0.6 is 15.6 Å². The second-order valence-electron chi connectivity index (χ2n) is 11.2. The number of nitrogens with two attached hydrogens (primary N) is 1. The van der Waals surface area contributed by atoms with Crippen molar-refractivity contribution in [3.8, 4) is 0 Å². The normalized spacial score (nSPS) is 35.5. The van der Waals surface area contributed by atoms with Crippen LogP contribution in [0.2, 0.25) is 0 Å². The van der Waals surface area contributed by atoms with E-state index in [0.29, 0.717) is 0 Å². The molecule has 6 N–H and O–H groups in total. The number of rotatable bonds is 4. The van der Waals surface area contributed by atoms with E-state index >= 15 is 0 Å². The lowest BCUT2D eigenvalue weighted by Gasteiger charge is -2.28. The number of imidazole rings is 2. The van der Waals surface area contributed by atoms with Gasteiger partial charge >= 0.3 is 21.8 Å². The van der Waals surface area contributed by atoms with Crippen LogP contribution in [0.25, 0.3) is 22.3 Å². The average molecular weight is 755 g/mol. The predicted molar refractivity (Wildman–Crippen MR) is 154 cm³/mol. The minimum Gasteiger partial charge on any atom is -0.387 e. The van der Waals surface area contributed by atoms with Crippen molar-refractivity contribution in [3.05, 3.63) is 35.2 Å². The largest absolute Gasteiger partial charge is 0.472 e. The maximum Gasteiger partial charge on any atom is 0.472 e. The number of nitrogen functional groups attached to an aromatic ring is 1. The van der Waals surface area contributed by atoms with Crippen molar-refractivity contribution in [1.82, 2.24) is 39.0 Å². The monoisotopic (exact) mass is 755 g/mol. The Morgan fingerprint density at radius 2 is 1.56 bits per heavy atom. The Balaban J connectivity index is 1.26. The van der Waals surface area contributed by atoms with Gasteiger partial charge in [-0.15, -0.1) is 0 Å². The van der Waals surface area contributed by atoms with Crippen LogP contribution in [0.1, 0.15) is 18.3 Å². The lowest BCUT2D eigenvalue weighted by Crippen LogP contribution is -2.41. The highest BCUT2D eigenvalue weighted by molar-refractivity contribution is 7.47. The molecular weight excluding hydrogens is 729 g/mol. The van der Waals surface area contributed by atoms with Crippen molar-refractivity contribution in [2.75, 3.05) is 25.6 Å². The van der Waals surface area contributed by atoms with Crippen LogP contribution in [-0.2, 0) is 41.4 Å². The van der Waals surface area contributed by atoms with Gasteiger partial charge in [0.15, 0.2) is 35.1 Å². The molecule has 0 radical (unpaired) electrons. The van der Waals surface area contributed by atoms with Gasteiger partial charge in [0.25, 0.3) is 5.56 Å². The van der Waals surface area contributed by atoms with Crippen LogP contribution in [-0.4, -0.2) is 117 Å². The summed E-state index contributed by atoms with van der Waals surface area (Å²) in [6, 6.07) is 0. The molecule has 0 amide bonds. The van der Waals surface area contributed by atoms with Gasteiger partial charge in [-0.2, -0.15) is 13.2 Å². The highest BCUT2D eigenvalue weighted by Gasteiger charge is 2.55. The van der Waals surface area contributed by atoms with Crippen LogP contribution in [0.3, 0.4) is 0 Å². The van der Waals surface area contributed by atoms with Crippen LogP contribution in [0.4, 0.5) is 19.0 Å². The second kappa shape index (κ2) is 12.6. The summed E-state index contributed by atoms with van der Waals surface area (Å²) >= 11 is 0. The Bertz CT molecular complexity index is 2080. The number of aliphatic hydroxyl groups excluding tert-OH is 1. The zero-order valence-corrected chi connectivity index (χ0v) is 26.9. The molecule has 27 heteroatoms. The number of anilines is 1. The molecular formula is C23H26F3N9O13P2. The highest BCUT2D eigenvalue weighted by Crippen LogP contribution is 2.54. The molecule has 0 saturated carbocycles. The zero-order chi connectivity index (χ0) is 35.7. The number of halogens is 3. The first-order valence-corrected chi connectivity index (χ1v) is 17.3. The van der Waals surface area contributed by atoms with E-state index in [-0.39, 0.29) is 34.0 Å². The molecule has 50 heavy (non-hydrogen) atoms. The molecule has 4 bridgehead atoms. The summed E-state index contributed by atoms with van der Waals surface area (Å²) in [4.78, 5) is 56.6. The topological polar surface area (TPSA) is 293 Å². The van der Waals surface area contributed by atoms with E-state index in [4.69, 9.17) is 38.0 Å². The average Bonchev–Trinajstić information content (AvgIpc) is 3.78. The van der Waals surface area contributed by atoms with Crippen molar-refractivity contribution >= 4 is 43.8 Å². The summed E-state index contributed by atoms with van der Waals surface area (Å²) in [6.07, 6.45) is -15.7. The third kappa shape index (κ3) is 6.67. The first-order valence-electron chi connectivity index (χ1n) is 14.4. The van der Waals surface area contributed by atoms with Gasteiger partial charge in [-0.25, -0.2) is 34.0 Å². The number of nitrogens with one attached hydrogen (secondary N) is 1. The molecule has 22 nitrogen and oxygen atoms in total. The lowest BCUT2D eigenvalue weighted by molar-refractivity contribution is -0.196. The van der Waals surface area contributed by atoms with Crippen LogP contribution in [0.15, 0.2) is 23.8 Å². The van der Waals surface area contributed by atoms with Gasteiger partial charge in [0.2, 0.25) is 0 Å². The summed E-state index contributed by atoms with van der Waals surface area (Å²) in [6.45, 7) is -2.48. The van der Waals surface area contributed by atoms with Gasteiger partial charge in [-0.3, -0.25) is 32.0 Å². The summed E-state index contributed by atoms with van der Waals surface area (Å²) in [5.74, 6) is 0.0681. The Morgan fingerprint density at radius 1 is 0.960 bits per heavy atom. The summed E-state index contributed by atoms with van der Waals surface area (Å²) in [5.41, 5.74) is 4.91. The van der Waals surface area contributed by atoms with Crippen molar-refractivity contribution in [2.24, 2.45) is 0 Å². The third-order valence-corrected chi connectivity index (χ3v) is 9.81.